The minimum absolute atomic E-state index is 0.0489. The number of rotatable bonds is 6. The molecule has 0 saturated carbocycles. The molecule has 0 atom stereocenters. The maximum Gasteiger partial charge on any atom is 0.339 e. The average molecular weight is 357 g/mol. The molecular weight excluding hydrogens is 338 g/mol. The molecule has 0 aliphatic carbocycles. The first-order valence-electron chi connectivity index (χ1n) is 8.07. The van der Waals surface area contributed by atoms with Crippen molar-refractivity contribution in [2.24, 2.45) is 0 Å². The maximum absolute atomic E-state index is 12.2. The van der Waals surface area contributed by atoms with Gasteiger partial charge in [-0.3, -0.25) is 4.79 Å². The summed E-state index contributed by atoms with van der Waals surface area (Å²) in [5.74, 6) is -0.0346. The largest absolute Gasteiger partial charge is 0.508 e. The van der Waals surface area contributed by atoms with E-state index < -0.39 is 5.63 Å². The number of nitrogens with one attached hydrogen (secondary N) is 1. The molecule has 0 aliphatic heterocycles. The Bertz CT molecular complexity index is 944. The lowest BCUT2D eigenvalue weighted by Crippen LogP contribution is -2.26. The van der Waals surface area contributed by atoms with Crippen LogP contribution in [0.2, 0.25) is 0 Å². The van der Waals surface area contributed by atoms with Gasteiger partial charge in [-0.2, -0.15) is 11.3 Å². The Morgan fingerprint density at radius 3 is 2.88 bits per heavy atom. The Labute approximate surface area is 148 Å². The van der Waals surface area contributed by atoms with Gasteiger partial charge in [-0.15, -0.1) is 0 Å². The number of hydrogen-bond donors (Lipinski definition) is 2. The summed E-state index contributed by atoms with van der Waals surface area (Å²) in [4.78, 5) is 24.2. The molecule has 0 fully saturated rings. The molecule has 3 aromatic rings. The Morgan fingerprint density at radius 1 is 1.28 bits per heavy atom. The van der Waals surface area contributed by atoms with E-state index in [0.717, 1.165) is 17.4 Å². The lowest BCUT2D eigenvalue weighted by atomic mass is 10.0. The predicted molar refractivity (Wildman–Crippen MR) is 98.2 cm³/mol. The normalized spacial score (nSPS) is 10.9. The van der Waals surface area contributed by atoms with Crippen molar-refractivity contribution in [2.75, 3.05) is 6.54 Å². The van der Waals surface area contributed by atoms with Crippen molar-refractivity contribution in [2.45, 2.75) is 26.2 Å². The summed E-state index contributed by atoms with van der Waals surface area (Å²) in [6, 6.07) is 6.73. The second-order valence-electron chi connectivity index (χ2n) is 5.91. The number of hydrogen-bond acceptors (Lipinski definition) is 5. The maximum atomic E-state index is 12.2. The molecule has 1 amide bonds. The Hall–Kier alpha value is -2.60. The van der Waals surface area contributed by atoms with Gasteiger partial charge in [-0.1, -0.05) is 0 Å². The number of carbonyl (C=O) groups excluding carboxylic acids is 1. The van der Waals surface area contributed by atoms with Crippen LogP contribution in [-0.2, 0) is 17.6 Å². The van der Waals surface area contributed by atoms with Crippen molar-refractivity contribution < 1.29 is 14.3 Å². The number of aryl methyl sites for hydroxylation is 1. The van der Waals surface area contributed by atoms with Crippen LogP contribution >= 0.6 is 11.3 Å². The van der Waals surface area contributed by atoms with Crippen molar-refractivity contribution in [1.29, 1.82) is 0 Å². The van der Waals surface area contributed by atoms with Gasteiger partial charge >= 0.3 is 5.63 Å². The third kappa shape index (κ3) is 4.09. The van der Waals surface area contributed by atoms with Gasteiger partial charge in [0.15, 0.2) is 0 Å². The molecule has 0 bridgehead atoms. The predicted octanol–water partition coefficient (Wildman–Crippen LogP) is 3.16. The second-order valence-corrected chi connectivity index (χ2v) is 6.69. The summed E-state index contributed by atoms with van der Waals surface area (Å²) in [6.07, 6.45) is 1.37. The zero-order valence-electron chi connectivity index (χ0n) is 13.9. The summed E-state index contributed by atoms with van der Waals surface area (Å²) >= 11 is 1.64. The molecule has 2 aromatic heterocycles. The van der Waals surface area contributed by atoms with E-state index in [4.69, 9.17) is 4.42 Å². The Balaban J connectivity index is 1.63. The smallest absolute Gasteiger partial charge is 0.339 e. The molecule has 0 aliphatic rings. The quantitative estimate of drug-likeness (QED) is 0.664. The van der Waals surface area contributed by atoms with Crippen LogP contribution in [0.3, 0.4) is 0 Å². The first kappa shape index (κ1) is 17.2. The summed E-state index contributed by atoms with van der Waals surface area (Å²) < 4.78 is 5.27. The number of amides is 1. The third-order valence-corrected chi connectivity index (χ3v) is 4.92. The first-order valence-corrected chi connectivity index (χ1v) is 9.02. The van der Waals surface area contributed by atoms with Crippen LogP contribution in [0.1, 0.15) is 23.1 Å². The van der Waals surface area contributed by atoms with Gasteiger partial charge in [0.05, 0.1) is 0 Å². The van der Waals surface area contributed by atoms with Crippen LogP contribution in [0.15, 0.2) is 44.2 Å². The number of fused-ring (bicyclic) bond motifs is 1. The lowest BCUT2D eigenvalue weighted by Gasteiger charge is -2.08. The van der Waals surface area contributed by atoms with Crippen molar-refractivity contribution >= 4 is 28.2 Å². The molecular formula is C19H19NO4S. The standard InChI is InChI=1S/C19H19NO4S/c1-12-15-3-2-14(21)10-17(15)24-19(23)16(12)4-5-18(22)20-8-6-13-7-9-25-11-13/h2-3,7,9-11,21H,4-6,8H2,1H3,(H,20,22). The summed E-state index contributed by atoms with van der Waals surface area (Å²) in [5.41, 5.74) is 2.40. The zero-order valence-corrected chi connectivity index (χ0v) is 14.7. The number of phenols is 1. The number of aromatic hydroxyl groups is 1. The van der Waals surface area contributed by atoms with Gasteiger partial charge in [-0.05, 0) is 59.9 Å². The molecule has 2 heterocycles. The summed E-state index contributed by atoms with van der Waals surface area (Å²) in [7, 11) is 0. The minimum Gasteiger partial charge on any atom is -0.508 e. The lowest BCUT2D eigenvalue weighted by molar-refractivity contribution is -0.121. The van der Waals surface area contributed by atoms with Crippen LogP contribution < -0.4 is 10.9 Å². The van der Waals surface area contributed by atoms with E-state index in [1.165, 1.54) is 11.6 Å². The van der Waals surface area contributed by atoms with E-state index in [-0.39, 0.29) is 18.1 Å². The molecule has 3 rings (SSSR count). The molecule has 130 valence electrons. The van der Waals surface area contributed by atoms with Gasteiger partial charge < -0.3 is 14.8 Å². The number of phenolic OH excluding ortho intramolecular Hbond substituents is 1. The van der Waals surface area contributed by atoms with Crippen LogP contribution in [0.25, 0.3) is 11.0 Å². The van der Waals surface area contributed by atoms with Crippen LogP contribution in [-0.4, -0.2) is 17.6 Å². The highest BCUT2D eigenvalue weighted by Crippen LogP contribution is 2.23. The second kappa shape index (κ2) is 7.53. The van der Waals surface area contributed by atoms with Crippen molar-refractivity contribution in [1.82, 2.24) is 5.32 Å². The van der Waals surface area contributed by atoms with Crippen molar-refractivity contribution in [3.05, 3.63) is 62.1 Å². The SMILES string of the molecule is Cc1c(CCC(=O)NCCc2ccsc2)c(=O)oc2cc(O)ccc12. The highest BCUT2D eigenvalue weighted by atomic mass is 32.1. The van der Waals surface area contributed by atoms with Crippen molar-refractivity contribution in [3.8, 4) is 5.75 Å². The molecule has 0 saturated heterocycles. The first-order chi connectivity index (χ1) is 12.0. The molecule has 0 radical (unpaired) electrons. The van der Waals surface area contributed by atoms with E-state index in [0.29, 0.717) is 24.1 Å². The molecule has 25 heavy (non-hydrogen) atoms. The van der Waals surface area contributed by atoms with Crippen LogP contribution in [0.4, 0.5) is 0 Å². The topological polar surface area (TPSA) is 79.5 Å². The number of carbonyl (C=O) groups is 1. The molecule has 1 aromatic carbocycles. The van der Waals surface area contributed by atoms with E-state index in [1.807, 2.05) is 18.4 Å². The van der Waals surface area contributed by atoms with E-state index in [2.05, 4.69) is 10.7 Å². The highest BCUT2D eigenvalue weighted by Gasteiger charge is 2.13. The monoisotopic (exact) mass is 357 g/mol. The van der Waals surface area contributed by atoms with E-state index >= 15 is 0 Å². The Morgan fingerprint density at radius 2 is 2.12 bits per heavy atom. The number of thiophene rings is 1. The van der Waals surface area contributed by atoms with E-state index in [9.17, 15) is 14.7 Å². The van der Waals surface area contributed by atoms with Crippen LogP contribution in [0.5, 0.6) is 5.75 Å². The molecule has 5 nitrogen and oxygen atoms in total. The fraction of sp³-hybridized carbons (Fsp3) is 0.263. The molecule has 2 N–H and O–H groups in total. The minimum atomic E-state index is -0.457. The third-order valence-electron chi connectivity index (χ3n) is 4.19. The van der Waals surface area contributed by atoms with Gasteiger partial charge in [0.1, 0.15) is 11.3 Å². The molecule has 6 heteroatoms. The number of benzene rings is 1. The van der Waals surface area contributed by atoms with Gasteiger partial charge in [0, 0.05) is 30.0 Å². The Kier molecular flexibility index (Phi) is 5.19. The van der Waals surface area contributed by atoms with Gasteiger partial charge in [-0.25, -0.2) is 4.79 Å². The fourth-order valence-corrected chi connectivity index (χ4v) is 3.48. The molecule has 0 unspecified atom stereocenters. The highest BCUT2D eigenvalue weighted by molar-refractivity contribution is 7.07. The summed E-state index contributed by atoms with van der Waals surface area (Å²) in [6.45, 7) is 2.42. The zero-order chi connectivity index (χ0) is 17.8. The summed E-state index contributed by atoms with van der Waals surface area (Å²) in [5, 5.41) is 17.2. The molecule has 0 spiro atoms. The average Bonchev–Trinajstić information content (AvgIpc) is 3.07. The fourth-order valence-electron chi connectivity index (χ4n) is 2.78. The van der Waals surface area contributed by atoms with Gasteiger partial charge in [0.25, 0.3) is 0 Å². The van der Waals surface area contributed by atoms with Crippen molar-refractivity contribution in [3.63, 3.8) is 0 Å². The van der Waals surface area contributed by atoms with Gasteiger partial charge in [0.2, 0.25) is 5.91 Å². The van der Waals surface area contributed by atoms with E-state index in [1.54, 1.807) is 23.5 Å². The van der Waals surface area contributed by atoms with Crippen LogP contribution in [0, 0.1) is 6.92 Å².